The fraction of sp³-hybridized carbons (Fsp3) is 0.296. The van der Waals surface area contributed by atoms with Gasteiger partial charge in [0.2, 0.25) is 0 Å². The van der Waals surface area contributed by atoms with E-state index in [1.807, 2.05) is 43.3 Å². The summed E-state index contributed by atoms with van der Waals surface area (Å²) in [6.07, 6.45) is 4.89. The number of esters is 1. The minimum absolute atomic E-state index is 0.00646. The lowest BCUT2D eigenvalue weighted by Gasteiger charge is -2.10. The molecule has 3 nitrogen and oxygen atoms in total. The van der Waals surface area contributed by atoms with Gasteiger partial charge in [0.05, 0.1) is 11.7 Å². The summed E-state index contributed by atoms with van der Waals surface area (Å²) in [6, 6.07) is 23.7. The minimum Gasteiger partial charge on any atom is -0.423 e. The predicted octanol–water partition coefficient (Wildman–Crippen LogP) is 7.01. The second-order valence-corrected chi connectivity index (χ2v) is 7.57. The highest BCUT2D eigenvalue weighted by atomic mass is 16.5. The quantitative estimate of drug-likeness (QED) is 0.219. The van der Waals surface area contributed by atoms with E-state index >= 15 is 0 Å². The zero-order valence-electron chi connectivity index (χ0n) is 18.1. The topological polar surface area (TPSA) is 35.5 Å². The van der Waals surface area contributed by atoms with Crippen molar-refractivity contribution in [1.82, 2.24) is 0 Å². The molecule has 3 rings (SSSR count). The van der Waals surface area contributed by atoms with Crippen molar-refractivity contribution in [3.8, 4) is 16.9 Å². The Labute approximate surface area is 179 Å². The molecule has 0 aliphatic rings. The first-order valence-electron chi connectivity index (χ1n) is 10.6. The van der Waals surface area contributed by atoms with Crippen molar-refractivity contribution in [2.45, 2.75) is 45.6 Å². The van der Waals surface area contributed by atoms with Gasteiger partial charge in [-0.05, 0) is 66.3 Å². The number of methoxy groups -OCH3 is 1. The Hall–Kier alpha value is -2.91. The number of rotatable bonds is 9. The molecule has 0 aliphatic heterocycles. The van der Waals surface area contributed by atoms with E-state index < -0.39 is 0 Å². The Balaban J connectivity index is 1.60. The van der Waals surface area contributed by atoms with Crippen LogP contribution >= 0.6 is 0 Å². The van der Waals surface area contributed by atoms with Crippen molar-refractivity contribution >= 4 is 5.97 Å². The van der Waals surface area contributed by atoms with Crippen LogP contribution < -0.4 is 4.74 Å². The molecule has 0 N–H and O–H groups in total. The predicted molar refractivity (Wildman–Crippen MR) is 122 cm³/mol. The summed E-state index contributed by atoms with van der Waals surface area (Å²) in [6.45, 7) is 4.19. The molecular formula is C27H30O3. The van der Waals surface area contributed by atoms with Gasteiger partial charge in [0.1, 0.15) is 5.75 Å². The Morgan fingerprint density at radius 2 is 1.43 bits per heavy atom. The number of carbonyl (C=O) groups excluding carboxylic acids is 1. The summed E-state index contributed by atoms with van der Waals surface area (Å²) >= 11 is 0. The highest BCUT2D eigenvalue weighted by Gasteiger charge is 2.10. The van der Waals surface area contributed by atoms with Gasteiger partial charge in [-0.3, -0.25) is 0 Å². The van der Waals surface area contributed by atoms with Crippen LogP contribution in [0.3, 0.4) is 0 Å². The van der Waals surface area contributed by atoms with Crippen LogP contribution in [0.25, 0.3) is 11.1 Å². The Bertz CT molecular complexity index is 925. The molecule has 0 aliphatic carbocycles. The van der Waals surface area contributed by atoms with Crippen LogP contribution in [0.4, 0.5) is 0 Å². The third-order valence-electron chi connectivity index (χ3n) is 5.39. The summed E-state index contributed by atoms with van der Waals surface area (Å²) in [5.74, 6) is 0.171. The minimum atomic E-state index is -0.365. The highest BCUT2D eigenvalue weighted by molar-refractivity contribution is 5.91. The standard InChI is InChI=1S/C27H30O3/c1-4-5-6-7-21-8-10-23(11-9-21)24-16-18-26(19-17-24)30-27(28)25-14-12-22(13-15-25)20(2)29-3/h8-20H,4-7H2,1-3H3. The number of hydrogen-bond acceptors (Lipinski definition) is 3. The molecule has 0 radical (unpaired) electrons. The molecule has 30 heavy (non-hydrogen) atoms. The SMILES string of the molecule is CCCCCc1ccc(-c2ccc(OC(=O)c3ccc(C(C)OC)cc3)cc2)cc1. The lowest BCUT2D eigenvalue weighted by molar-refractivity contribution is 0.0734. The van der Waals surface area contributed by atoms with Gasteiger partial charge in [-0.25, -0.2) is 4.79 Å². The van der Waals surface area contributed by atoms with Gasteiger partial charge in [-0.2, -0.15) is 0 Å². The Kier molecular flexibility index (Phi) is 7.81. The van der Waals surface area contributed by atoms with Gasteiger partial charge in [-0.15, -0.1) is 0 Å². The van der Waals surface area contributed by atoms with Crippen LogP contribution in [-0.4, -0.2) is 13.1 Å². The first-order valence-corrected chi connectivity index (χ1v) is 10.6. The van der Waals surface area contributed by atoms with E-state index in [1.54, 1.807) is 19.2 Å². The van der Waals surface area contributed by atoms with Crippen LogP contribution in [-0.2, 0) is 11.2 Å². The fourth-order valence-corrected chi connectivity index (χ4v) is 3.35. The molecule has 0 fully saturated rings. The smallest absolute Gasteiger partial charge is 0.343 e. The molecule has 3 aromatic rings. The van der Waals surface area contributed by atoms with E-state index in [-0.39, 0.29) is 12.1 Å². The summed E-state index contributed by atoms with van der Waals surface area (Å²) in [7, 11) is 1.67. The monoisotopic (exact) mass is 402 g/mol. The molecule has 3 aromatic carbocycles. The zero-order chi connectivity index (χ0) is 21.3. The first-order chi connectivity index (χ1) is 14.6. The molecule has 1 unspecified atom stereocenters. The van der Waals surface area contributed by atoms with Gasteiger partial charge in [0, 0.05) is 7.11 Å². The van der Waals surface area contributed by atoms with Crippen LogP contribution in [0.5, 0.6) is 5.75 Å². The summed E-state index contributed by atoms with van der Waals surface area (Å²) in [5, 5.41) is 0. The summed E-state index contributed by atoms with van der Waals surface area (Å²) in [5.41, 5.74) is 5.19. The number of benzene rings is 3. The maximum absolute atomic E-state index is 12.4. The Morgan fingerprint density at radius 3 is 2.00 bits per heavy atom. The lowest BCUT2D eigenvalue weighted by Crippen LogP contribution is -2.08. The van der Waals surface area contributed by atoms with Crippen molar-refractivity contribution < 1.29 is 14.3 Å². The van der Waals surface area contributed by atoms with Crippen molar-refractivity contribution in [2.24, 2.45) is 0 Å². The second kappa shape index (κ2) is 10.7. The van der Waals surface area contributed by atoms with Gasteiger partial charge in [-0.1, -0.05) is 68.3 Å². The van der Waals surface area contributed by atoms with Crippen molar-refractivity contribution in [1.29, 1.82) is 0 Å². The van der Waals surface area contributed by atoms with E-state index in [1.165, 1.54) is 24.8 Å². The fourth-order valence-electron chi connectivity index (χ4n) is 3.35. The molecule has 0 saturated carbocycles. The number of carbonyl (C=O) groups is 1. The van der Waals surface area contributed by atoms with Crippen LogP contribution in [0, 0.1) is 0 Å². The Morgan fingerprint density at radius 1 is 0.833 bits per heavy atom. The van der Waals surface area contributed by atoms with E-state index in [2.05, 4.69) is 31.2 Å². The molecule has 0 heterocycles. The molecule has 0 bridgehead atoms. The van der Waals surface area contributed by atoms with E-state index in [4.69, 9.17) is 9.47 Å². The molecule has 0 spiro atoms. The molecule has 1 atom stereocenters. The van der Waals surface area contributed by atoms with Gasteiger partial charge < -0.3 is 9.47 Å². The van der Waals surface area contributed by atoms with E-state index in [0.717, 1.165) is 23.1 Å². The number of unbranched alkanes of at least 4 members (excludes halogenated alkanes) is 2. The normalized spacial score (nSPS) is 11.8. The largest absolute Gasteiger partial charge is 0.423 e. The molecule has 156 valence electrons. The molecular weight excluding hydrogens is 372 g/mol. The third-order valence-corrected chi connectivity index (χ3v) is 5.39. The van der Waals surface area contributed by atoms with Crippen molar-refractivity contribution in [3.05, 3.63) is 89.5 Å². The molecule has 0 aromatic heterocycles. The first kappa shape index (κ1) is 21.8. The maximum atomic E-state index is 12.4. The number of ether oxygens (including phenoxy) is 2. The second-order valence-electron chi connectivity index (χ2n) is 7.57. The zero-order valence-corrected chi connectivity index (χ0v) is 18.1. The molecule has 0 amide bonds. The maximum Gasteiger partial charge on any atom is 0.343 e. The third kappa shape index (κ3) is 5.80. The van der Waals surface area contributed by atoms with Crippen molar-refractivity contribution in [2.75, 3.05) is 7.11 Å². The van der Waals surface area contributed by atoms with Gasteiger partial charge in [0.15, 0.2) is 0 Å². The average Bonchev–Trinajstić information content (AvgIpc) is 2.80. The average molecular weight is 403 g/mol. The van der Waals surface area contributed by atoms with E-state index in [9.17, 15) is 4.79 Å². The van der Waals surface area contributed by atoms with Crippen molar-refractivity contribution in [3.63, 3.8) is 0 Å². The van der Waals surface area contributed by atoms with Crippen LogP contribution in [0.15, 0.2) is 72.8 Å². The van der Waals surface area contributed by atoms with Gasteiger partial charge in [0.25, 0.3) is 0 Å². The lowest BCUT2D eigenvalue weighted by atomic mass is 10.0. The number of aryl methyl sites for hydroxylation is 1. The van der Waals surface area contributed by atoms with Crippen LogP contribution in [0.2, 0.25) is 0 Å². The van der Waals surface area contributed by atoms with Crippen LogP contribution in [0.1, 0.15) is 60.7 Å². The highest BCUT2D eigenvalue weighted by Crippen LogP contribution is 2.24. The summed E-state index contributed by atoms with van der Waals surface area (Å²) in [4.78, 5) is 12.4. The number of hydrogen-bond donors (Lipinski definition) is 0. The molecule has 0 saturated heterocycles. The van der Waals surface area contributed by atoms with Gasteiger partial charge >= 0.3 is 5.97 Å². The summed E-state index contributed by atoms with van der Waals surface area (Å²) < 4.78 is 10.8. The van der Waals surface area contributed by atoms with E-state index in [0.29, 0.717) is 11.3 Å². The molecule has 3 heteroatoms.